The first-order chi connectivity index (χ1) is 16.8. The lowest BCUT2D eigenvalue weighted by Crippen LogP contribution is -2.10. The Balaban J connectivity index is 2.46. The number of aliphatic imine (C=N–C) groups is 1. The van der Waals surface area contributed by atoms with Crippen molar-refractivity contribution in [1.82, 2.24) is 0 Å². The Morgan fingerprint density at radius 2 is 1.61 bits per heavy atom. The number of phenols is 1. The normalized spacial score (nSPS) is 16.7. The summed E-state index contributed by atoms with van der Waals surface area (Å²) in [7, 11) is -9.97. The SMILES string of the molecule is CCN=C1C=C/C(=C(\c2ccc(NCC)c(C)c2)c2cc(O)c(S(=O)(=O)O)cc2S(=O)(=O)O)C=C1C. The highest BCUT2D eigenvalue weighted by Gasteiger charge is 2.28. The van der Waals surface area contributed by atoms with E-state index in [1.807, 2.05) is 39.8 Å². The van der Waals surface area contributed by atoms with Crippen molar-refractivity contribution >= 4 is 37.2 Å². The first kappa shape index (κ1) is 27.3. The van der Waals surface area contributed by atoms with Crippen LogP contribution in [0.2, 0.25) is 0 Å². The summed E-state index contributed by atoms with van der Waals surface area (Å²) in [6, 6.07) is 6.84. The predicted octanol–water partition coefficient (Wildman–Crippen LogP) is 4.40. The molecule has 9 nitrogen and oxygen atoms in total. The van der Waals surface area contributed by atoms with Crippen molar-refractivity contribution in [2.45, 2.75) is 37.5 Å². The summed E-state index contributed by atoms with van der Waals surface area (Å²) in [5, 5.41) is 13.7. The van der Waals surface area contributed by atoms with Crippen LogP contribution in [0.4, 0.5) is 5.69 Å². The van der Waals surface area contributed by atoms with Gasteiger partial charge in [0, 0.05) is 24.3 Å². The maximum atomic E-state index is 12.4. The quantitative estimate of drug-likeness (QED) is 0.383. The number of hydrogen-bond donors (Lipinski definition) is 4. The molecule has 0 bridgehead atoms. The van der Waals surface area contributed by atoms with Gasteiger partial charge in [0.25, 0.3) is 20.2 Å². The Bertz CT molecular complexity index is 1550. The molecule has 0 amide bonds. The Labute approximate surface area is 211 Å². The first-order valence-electron chi connectivity index (χ1n) is 11.1. The molecule has 3 rings (SSSR count). The van der Waals surface area contributed by atoms with Crippen LogP contribution < -0.4 is 5.32 Å². The van der Waals surface area contributed by atoms with Gasteiger partial charge in [-0.2, -0.15) is 16.8 Å². The Morgan fingerprint density at radius 3 is 2.14 bits per heavy atom. The fraction of sp³-hybridized carbons (Fsp3) is 0.240. The molecule has 192 valence electrons. The number of anilines is 1. The number of phenolic OH excluding ortho intramolecular Hbond substituents is 1. The summed E-state index contributed by atoms with van der Waals surface area (Å²) in [4.78, 5) is 2.60. The molecule has 0 spiro atoms. The molecule has 1 aliphatic rings. The fourth-order valence-electron chi connectivity index (χ4n) is 4.01. The number of nitrogens with zero attached hydrogens (tertiary/aromatic N) is 1. The average Bonchev–Trinajstić information content (AvgIpc) is 2.76. The third-order valence-corrected chi connectivity index (χ3v) is 7.36. The molecule has 0 atom stereocenters. The van der Waals surface area contributed by atoms with Crippen molar-refractivity contribution in [3.8, 4) is 5.75 Å². The van der Waals surface area contributed by atoms with Gasteiger partial charge in [0.2, 0.25) is 0 Å². The Hall–Kier alpha value is -3.25. The van der Waals surface area contributed by atoms with E-state index in [2.05, 4.69) is 10.3 Å². The van der Waals surface area contributed by atoms with Crippen LogP contribution in [0, 0.1) is 6.92 Å². The molecular formula is C25H28N2O7S2. The smallest absolute Gasteiger partial charge is 0.298 e. The molecule has 36 heavy (non-hydrogen) atoms. The minimum atomic E-state index is -4.99. The second-order valence-corrected chi connectivity index (χ2v) is 11.0. The van der Waals surface area contributed by atoms with Gasteiger partial charge in [-0.25, -0.2) is 0 Å². The Kier molecular flexibility index (Phi) is 7.89. The van der Waals surface area contributed by atoms with E-state index in [-0.39, 0.29) is 5.56 Å². The largest absolute Gasteiger partial charge is 0.506 e. The molecule has 0 fully saturated rings. The van der Waals surface area contributed by atoms with Gasteiger partial charge in [-0.05, 0) is 92.0 Å². The lowest BCUT2D eigenvalue weighted by Gasteiger charge is -2.20. The van der Waals surface area contributed by atoms with Crippen molar-refractivity contribution in [2.24, 2.45) is 4.99 Å². The number of aryl methyl sites for hydroxylation is 1. The van der Waals surface area contributed by atoms with Crippen molar-refractivity contribution in [1.29, 1.82) is 0 Å². The topological polar surface area (TPSA) is 153 Å². The maximum absolute atomic E-state index is 12.4. The molecule has 0 saturated heterocycles. The van der Waals surface area contributed by atoms with Crippen LogP contribution in [0.5, 0.6) is 5.75 Å². The van der Waals surface area contributed by atoms with E-state index in [9.17, 15) is 31.0 Å². The number of aromatic hydroxyl groups is 1. The molecule has 0 radical (unpaired) electrons. The maximum Gasteiger partial charge on any atom is 0.298 e. The standard InChI is InChI=1S/C25H28N2O7S2/c1-5-26-20-9-7-17(11-15(20)3)25(18-8-10-21(27-6-2)16(4)12-18)19-13-22(28)24(36(32,33)34)14-23(19)35(29,30)31/h7-14,26,28H,5-6H2,1-4H3,(H,29,30,31)(H,32,33,34)/b25-18-,27-21?. The molecule has 0 aromatic heterocycles. The lowest BCUT2D eigenvalue weighted by atomic mass is 9.88. The zero-order chi connectivity index (χ0) is 26.8. The van der Waals surface area contributed by atoms with Crippen LogP contribution in [0.3, 0.4) is 0 Å². The van der Waals surface area contributed by atoms with E-state index in [0.717, 1.165) is 28.6 Å². The van der Waals surface area contributed by atoms with Crippen LogP contribution in [0.15, 0.2) is 74.5 Å². The van der Waals surface area contributed by atoms with Crippen LogP contribution in [0.1, 0.15) is 37.5 Å². The minimum absolute atomic E-state index is 0.141. The van der Waals surface area contributed by atoms with Gasteiger partial charge < -0.3 is 10.4 Å². The van der Waals surface area contributed by atoms with Crippen LogP contribution in [-0.2, 0) is 20.2 Å². The Morgan fingerprint density at radius 1 is 0.944 bits per heavy atom. The fourth-order valence-corrected chi connectivity index (χ4v) is 5.38. The monoisotopic (exact) mass is 532 g/mol. The highest BCUT2D eigenvalue weighted by atomic mass is 32.2. The summed E-state index contributed by atoms with van der Waals surface area (Å²) >= 11 is 0. The van der Waals surface area contributed by atoms with E-state index < -0.39 is 35.8 Å². The molecular weight excluding hydrogens is 504 g/mol. The van der Waals surface area contributed by atoms with Gasteiger partial charge in [0.1, 0.15) is 15.5 Å². The number of allylic oxidation sites excluding steroid dienone is 5. The molecule has 0 saturated carbocycles. The molecule has 2 aromatic carbocycles. The van der Waals surface area contributed by atoms with E-state index in [0.29, 0.717) is 35.9 Å². The van der Waals surface area contributed by atoms with Crippen LogP contribution in [0.25, 0.3) is 5.57 Å². The highest BCUT2D eigenvalue weighted by molar-refractivity contribution is 7.86. The second kappa shape index (κ2) is 10.4. The third-order valence-electron chi connectivity index (χ3n) is 5.58. The number of hydrogen-bond acceptors (Lipinski definition) is 7. The number of benzene rings is 2. The zero-order valence-corrected chi connectivity index (χ0v) is 21.9. The summed E-state index contributed by atoms with van der Waals surface area (Å²) in [5.74, 6) is -0.868. The molecule has 4 N–H and O–H groups in total. The van der Waals surface area contributed by atoms with E-state index in [4.69, 9.17) is 0 Å². The molecule has 2 aromatic rings. The van der Waals surface area contributed by atoms with Gasteiger partial charge in [-0.3, -0.25) is 14.1 Å². The van der Waals surface area contributed by atoms with Crippen molar-refractivity contribution < 1.29 is 31.0 Å². The van der Waals surface area contributed by atoms with E-state index in [1.165, 1.54) is 0 Å². The molecule has 0 unspecified atom stereocenters. The predicted molar refractivity (Wildman–Crippen MR) is 140 cm³/mol. The second-order valence-electron chi connectivity index (χ2n) is 8.18. The summed E-state index contributed by atoms with van der Waals surface area (Å²) in [6.07, 6.45) is 5.29. The van der Waals surface area contributed by atoms with Gasteiger partial charge >= 0.3 is 0 Å². The number of nitrogens with one attached hydrogen (secondary N) is 1. The van der Waals surface area contributed by atoms with Gasteiger partial charge in [-0.1, -0.05) is 12.1 Å². The van der Waals surface area contributed by atoms with Crippen LogP contribution in [-0.4, -0.2) is 49.8 Å². The highest BCUT2D eigenvalue weighted by Crippen LogP contribution is 2.39. The average molecular weight is 533 g/mol. The van der Waals surface area contributed by atoms with Crippen molar-refractivity contribution in [3.63, 3.8) is 0 Å². The zero-order valence-electron chi connectivity index (χ0n) is 20.3. The summed E-state index contributed by atoms with van der Waals surface area (Å²) < 4.78 is 67.7. The summed E-state index contributed by atoms with van der Waals surface area (Å²) in [6.45, 7) is 8.83. The molecule has 11 heteroatoms. The van der Waals surface area contributed by atoms with Crippen molar-refractivity contribution in [2.75, 3.05) is 18.4 Å². The number of rotatable bonds is 7. The van der Waals surface area contributed by atoms with E-state index in [1.54, 1.807) is 24.3 Å². The van der Waals surface area contributed by atoms with Crippen molar-refractivity contribution in [3.05, 3.63) is 76.4 Å². The molecule has 0 aliphatic heterocycles. The minimum Gasteiger partial charge on any atom is -0.506 e. The van der Waals surface area contributed by atoms with Crippen LogP contribution >= 0.6 is 0 Å². The van der Waals surface area contributed by atoms with E-state index >= 15 is 0 Å². The van der Waals surface area contributed by atoms with Gasteiger partial charge in [-0.15, -0.1) is 0 Å². The van der Waals surface area contributed by atoms with Gasteiger partial charge in [0.05, 0.1) is 5.71 Å². The first-order valence-corrected chi connectivity index (χ1v) is 14.0. The van der Waals surface area contributed by atoms with Gasteiger partial charge in [0.15, 0.2) is 0 Å². The summed E-state index contributed by atoms with van der Waals surface area (Å²) in [5.41, 5.74) is 4.55. The molecule has 1 aliphatic carbocycles. The molecule has 0 heterocycles. The third kappa shape index (κ3) is 5.76. The lowest BCUT2D eigenvalue weighted by molar-refractivity contribution is 0.441.